The summed E-state index contributed by atoms with van der Waals surface area (Å²) in [7, 11) is 0. The van der Waals surface area contributed by atoms with Gasteiger partial charge < -0.3 is 166 Å². The molecule has 0 atom stereocenters. The summed E-state index contributed by atoms with van der Waals surface area (Å²) in [6.45, 7) is 22.5. The maximum Gasteiger partial charge on any atom is 4.00 e. The van der Waals surface area contributed by atoms with Gasteiger partial charge in [0.05, 0.1) is 52.4 Å². The van der Waals surface area contributed by atoms with Gasteiger partial charge in [0.15, 0.2) is 0 Å². The third-order valence-corrected chi connectivity index (χ3v) is 11.9. The summed E-state index contributed by atoms with van der Waals surface area (Å²) < 4.78 is 3.22. The minimum Gasteiger partial charge on any atom is -0.489 e. The van der Waals surface area contributed by atoms with Crippen molar-refractivity contribution in [2.75, 3.05) is 52.4 Å². The number of thiocarbonyl (C=S) groups is 4. The Morgan fingerprint density at radius 3 is 0.459 bits per heavy atom. The first-order chi connectivity index (χ1) is 16.3. The van der Waals surface area contributed by atoms with Crippen LogP contribution in [0.3, 0.4) is 0 Å². The Hall–Kier alpha value is 3.17. The van der Waals surface area contributed by atoms with E-state index in [0.29, 0.717) is 32.8 Å². The molecular formula is C20H40MoN4S12. The first kappa shape index (κ1) is 49.8. The van der Waals surface area contributed by atoms with Crippen LogP contribution in [0.5, 0.6) is 0 Å². The third-order valence-electron chi connectivity index (χ3n) is 5.42. The van der Waals surface area contributed by atoms with E-state index in [2.05, 4.69) is 0 Å². The molecule has 0 aromatic carbocycles. The Labute approximate surface area is 308 Å². The molecule has 17 heteroatoms. The summed E-state index contributed by atoms with van der Waals surface area (Å²) in [4.78, 5) is 0. The Morgan fingerprint density at radius 1 is 0.378 bits per heavy atom. The summed E-state index contributed by atoms with van der Waals surface area (Å²) in [5, 5.41) is 0. The molecule has 37 heavy (non-hydrogen) atoms. The molecule has 0 fully saturated rings. The van der Waals surface area contributed by atoms with Crippen molar-refractivity contribution in [3.8, 4) is 0 Å². The minimum atomic E-state index is 0. The maximum absolute atomic E-state index is 5.12. The molecule has 0 N–H and O–H groups in total. The van der Waals surface area contributed by atoms with Gasteiger partial charge in [-0.1, -0.05) is 0 Å². The van der Waals surface area contributed by atoms with Gasteiger partial charge in [-0.25, -0.2) is 0 Å². The molecule has 0 amide bonds. The molecule has 0 radical (unpaired) electrons. The van der Waals surface area contributed by atoms with Gasteiger partial charge in [-0.2, -0.15) is 0 Å². The van der Waals surface area contributed by atoms with Crippen LogP contribution in [0.1, 0.15) is 55.4 Å². The minimum absolute atomic E-state index is 0. The van der Waals surface area contributed by atoms with E-state index in [4.69, 9.17) is 151 Å². The van der Waals surface area contributed by atoms with Crippen LogP contribution >= 0.6 is 48.9 Å². The van der Waals surface area contributed by atoms with Crippen LogP contribution in [-0.2, 0) is 123 Å². The second kappa shape index (κ2) is 25.6. The number of quaternary nitrogens is 4. The molecule has 0 aromatic heterocycles. The van der Waals surface area contributed by atoms with E-state index >= 15 is 0 Å². The predicted octanol–water partition coefficient (Wildman–Crippen LogP) is 4.54. The van der Waals surface area contributed by atoms with Crippen LogP contribution in [0, 0.1) is 0 Å². The topological polar surface area (TPSA) is 0 Å². The molecule has 0 aliphatic heterocycles. The van der Waals surface area contributed by atoms with Crippen molar-refractivity contribution in [3.63, 3.8) is 0 Å². The molecule has 0 spiro atoms. The van der Waals surface area contributed by atoms with Gasteiger partial charge >= 0.3 is 21.1 Å². The number of nitrogens with zero attached hydrogens (tertiary/aromatic N) is 4. The summed E-state index contributed by atoms with van der Waals surface area (Å²) >= 11 is 59.0. The van der Waals surface area contributed by atoms with Gasteiger partial charge in [0, 0.05) is 17.3 Å². The van der Waals surface area contributed by atoms with E-state index in [9.17, 15) is 0 Å². The maximum atomic E-state index is 5.12. The fraction of sp³-hybridized carbons (Fsp3) is 0.800. The summed E-state index contributed by atoms with van der Waals surface area (Å²) in [5.41, 5.74) is 0. The molecule has 0 bridgehead atoms. The van der Waals surface area contributed by atoms with Gasteiger partial charge in [-0.15, -0.1) is 0 Å². The average molecular weight is 817 g/mol. The van der Waals surface area contributed by atoms with Crippen molar-refractivity contribution in [3.05, 3.63) is 0 Å². The molecule has 0 rings (SSSR count). The van der Waals surface area contributed by atoms with Crippen molar-refractivity contribution in [1.29, 1.82) is 0 Å². The smallest absolute Gasteiger partial charge is 0.489 e. The Bertz CT molecular complexity index is 554. The molecular weight excluding hydrogens is 777 g/mol. The van der Waals surface area contributed by atoms with Gasteiger partial charge in [0.25, 0.3) is 0 Å². The molecule has 0 unspecified atom stereocenters. The van der Waals surface area contributed by atoms with E-state index in [1.54, 1.807) is 0 Å². The van der Waals surface area contributed by atoms with Crippen LogP contribution < -0.4 is 0 Å². The van der Waals surface area contributed by atoms with Crippen molar-refractivity contribution in [1.82, 2.24) is 0 Å². The molecule has 0 aliphatic carbocycles. The molecule has 218 valence electrons. The van der Waals surface area contributed by atoms with Gasteiger partial charge in [-0.3, -0.25) is 0 Å². The van der Waals surface area contributed by atoms with Crippen molar-refractivity contribution in [2.24, 2.45) is 0 Å². The second-order valence-electron chi connectivity index (χ2n) is 7.15. The SMILES string of the molecule is CC[N+]([S-])(CC)C(=S)[S-].CC[N+]([S-])(CC)C(=S)[S-].CC[N+]([S-])(CC)C(=S)[S-].CC[N+]([S-])(CC)C(=S)[S-].[Mo+4]. The Kier molecular flexibility index (Phi) is 34.5. The summed E-state index contributed by atoms with van der Waals surface area (Å²) in [5.74, 6) is 0. The first-order valence-electron chi connectivity index (χ1n) is 11.4. The quantitative estimate of drug-likeness (QED) is 0.146. The van der Waals surface area contributed by atoms with Crippen LogP contribution in [0.2, 0.25) is 0 Å². The Balaban J connectivity index is -0.000000122. The van der Waals surface area contributed by atoms with Crippen LogP contribution in [0.4, 0.5) is 0 Å². The molecule has 4 nitrogen and oxygen atoms in total. The predicted molar refractivity (Wildman–Crippen MR) is 195 cm³/mol. The molecule has 0 aromatic rings. The number of rotatable bonds is 8. The molecule has 0 aliphatic rings. The van der Waals surface area contributed by atoms with E-state index in [0.717, 1.165) is 52.4 Å². The second-order valence-corrected chi connectivity index (χ2v) is 14.1. The third kappa shape index (κ3) is 20.7. The van der Waals surface area contributed by atoms with Gasteiger partial charge in [0.2, 0.25) is 0 Å². The zero-order chi connectivity index (χ0) is 30.0. The van der Waals surface area contributed by atoms with Gasteiger partial charge in [-0.05, 0) is 55.4 Å². The largest absolute Gasteiger partial charge is 4.00 e. The Morgan fingerprint density at radius 2 is 0.459 bits per heavy atom. The zero-order valence-electron chi connectivity index (χ0n) is 22.8. The van der Waals surface area contributed by atoms with Crippen molar-refractivity contribution < 1.29 is 36.6 Å². The normalized spacial score (nSPS) is 11.1. The summed E-state index contributed by atoms with van der Waals surface area (Å²) in [6.07, 6.45) is 0. The van der Waals surface area contributed by atoms with E-state index in [1.807, 2.05) is 55.4 Å². The van der Waals surface area contributed by atoms with E-state index < -0.39 is 0 Å². The number of hydrogen-bond donors (Lipinski definition) is 0. The standard InChI is InChI=1S/4C5H11NS3.Mo/c4*1-3-6(9,4-2)5(7)8;/h4*3-4H2,1-2H3,(H,7,8);/q;;;;+4/p-4. The fourth-order valence-electron chi connectivity index (χ4n) is 1.93. The monoisotopic (exact) mass is 818 g/mol. The summed E-state index contributed by atoms with van der Waals surface area (Å²) in [6, 6.07) is 0. The average Bonchev–Trinajstić information content (AvgIpc) is 2.87. The molecule has 0 heterocycles. The molecule has 0 saturated heterocycles. The van der Waals surface area contributed by atoms with Gasteiger partial charge in [0.1, 0.15) is 0 Å². The van der Waals surface area contributed by atoms with Crippen molar-refractivity contribution >= 4 is 168 Å². The van der Waals surface area contributed by atoms with E-state index in [-0.39, 0.29) is 21.1 Å². The van der Waals surface area contributed by atoms with Crippen LogP contribution in [-0.4, -0.2) is 85.2 Å². The first-order valence-corrected chi connectivity index (χ1v) is 16.2. The number of hydrogen-bond acceptors (Lipinski definition) is 12. The van der Waals surface area contributed by atoms with Crippen LogP contribution in [0.25, 0.3) is 0 Å². The fourth-order valence-corrected chi connectivity index (χ4v) is 3.99. The van der Waals surface area contributed by atoms with E-state index in [1.165, 1.54) is 0 Å². The van der Waals surface area contributed by atoms with Crippen LogP contribution in [0.15, 0.2) is 0 Å². The van der Waals surface area contributed by atoms with Crippen molar-refractivity contribution in [2.45, 2.75) is 55.4 Å². The molecule has 0 saturated carbocycles. The zero-order valence-corrected chi connectivity index (χ0v) is 34.6.